The Morgan fingerprint density at radius 2 is 0.447 bits per heavy atom. The molecule has 0 bridgehead atoms. The van der Waals surface area contributed by atoms with Gasteiger partial charge in [-0.2, -0.15) is 0 Å². The van der Waals surface area contributed by atoms with E-state index in [1.165, 1.54) is 0 Å². The number of ether oxygens (including phenoxy) is 1. The van der Waals surface area contributed by atoms with Crippen molar-refractivity contribution in [3.05, 3.63) is 248 Å². The number of hydrogen-bond acceptors (Lipinski definition) is 8. The van der Waals surface area contributed by atoms with E-state index in [0.717, 1.165) is 33.4 Å². The van der Waals surface area contributed by atoms with E-state index in [9.17, 15) is 33.6 Å². The van der Waals surface area contributed by atoms with Crippen molar-refractivity contribution < 1.29 is 38.3 Å². The van der Waals surface area contributed by atoms with Crippen LogP contribution in [-0.2, 0) is 44.0 Å². The molecule has 0 aliphatic rings. The third-order valence-corrected chi connectivity index (χ3v) is 14.9. The summed E-state index contributed by atoms with van der Waals surface area (Å²) in [7, 11) is 0. The fraction of sp³-hybridized carbons (Fsp3) is 0.310. The second-order valence-electron chi connectivity index (χ2n) is 22.0. The summed E-state index contributed by atoms with van der Waals surface area (Å²) in [6, 6.07) is 53.1. The van der Waals surface area contributed by atoms with Crippen LogP contribution in [0.15, 0.2) is 176 Å². The lowest BCUT2D eigenvalue weighted by atomic mass is 10.1. The van der Waals surface area contributed by atoms with Crippen LogP contribution in [0, 0.1) is 0 Å². The van der Waals surface area contributed by atoms with E-state index in [0.29, 0.717) is 117 Å². The van der Waals surface area contributed by atoms with Crippen molar-refractivity contribution in [2.45, 2.75) is 107 Å². The minimum absolute atomic E-state index is 0.0405. The first-order chi connectivity index (χ1) is 40.8. The van der Waals surface area contributed by atoms with Crippen molar-refractivity contribution in [1.29, 1.82) is 0 Å². The van der Waals surface area contributed by atoms with E-state index in [-0.39, 0.29) is 35.4 Å². The Labute approximate surface area is 501 Å². The van der Waals surface area contributed by atoms with E-state index in [2.05, 4.69) is 0 Å². The lowest BCUT2D eigenvalue weighted by Gasteiger charge is -2.24. The Morgan fingerprint density at radius 1 is 0.271 bits per heavy atom. The van der Waals surface area contributed by atoms with Gasteiger partial charge in [0.1, 0.15) is 5.60 Å². The maximum atomic E-state index is 13.9. The molecule has 0 unspecified atom stereocenters. The molecule has 0 radical (unpaired) electrons. The fourth-order valence-corrected chi connectivity index (χ4v) is 9.81. The largest absolute Gasteiger partial charge is 0.456 e. The Bertz CT molecular complexity index is 3380. The van der Waals surface area contributed by atoms with E-state index >= 15 is 0 Å². The zero-order valence-corrected chi connectivity index (χ0v) is 50.7. The van der Waals surface area contributed by atoms with Gasteiger partial charge in [-0.1, -0.05) is 91.0 Å². The molecular formula is C71H80N6O8. The quantitative estimate of drug-likeness (QED) is 0.0514. The molecule has 0 spiro atoms. The van der Waals surface area contributed by atoms with Gasteiger partial charge in [0, 0.05) is 112 Å². The Morgan fingerprint density at radius 3 is 0.624 bits per heavy atom. The summed E-state index contributed by atoms with van der Waals surface area (Å²) >= 11 is 0. The normalized spacial score (nSPS) is 11.1. The average molecular weight is 1150 g/mol. The standard InChI is InChI=1S/C71H80N6O8/c1-10-72(64(78)57-19-17-16-18-20-57)45-51-21-33-58(34-22-51)65(79)73(11-2)46-52-23-35-59(36-24-52)66(80)74(12-3)47-53-25-37-60(38-26-53)67(81)75(13-4)48-54-27-39-61(40-28-54)68(82)76(14-5)49-55-29-41-62(42-30-55)69(83)77(15-6)50-56-31-43-63(44-32-56)70(84)85-71(7,8)9/h16-44H,10-15,45-50H2,1-9H3. The van der Waals surface area contributed by atoms with Gasteiger partial charge in [-0.25, -0.2) is 4.79 Å². The van der Waals surface area contributed by atoms with Gasteiger partial charge in [0.2, 0.25) is 0 Å². The first kappa shape index (κ1) is 63.4. The number of benzene rings is 7. The number of amides is 6. The van der Waals surface area contributed by atoms with Crippen molar-refractivity contribution in [3.8, 4) is 0 Å². The average Bonchev–Trinajstić information content (AvgIpc) is 3.69. The monoisotopic (exact) mass is 1140 g/mol. The fourth-order valence-electron chi connectivity index (χ4n) is 9.81. The maximum Gasteiger partial charge on any atom is 0.338 e. The molecule has 0 aliphatic carbocycles. The zero-order chi connectivity index (χ0) is 61.2. The molecule has 0 aliphatic heterocycles. The second-order valence-corrected chi connectivity index (χ2v) is 22.0. The molecule has 14 heteroatoms. The second kappa shape index (κ2) is 29.9. The first-order valence-electron chi connectivity index (χ1n) is 29.4. The van der Waals surface area contributed by atoms with Gasteiger partial charge in [0.15, 0.2) is 0 Å². The molecule has 0 saturated carbocycles. The van der Waals surface area contributed by atoms with Gasteiger partial charge in [-0.05, 0) is 181 Å². The van der Waals surface area contributed by atoms with Crippen molar-refractivity contribution in [3.63, 3.8) is 0 Å². The summed E-state index contributed by atoms with van der Waals surface area (Å²) in [6.07, 6.45) is 0. The van der Waals surface area contributed by atoms with E-state index in [1.54, 1.807) is 90.1 Å². The summed E-state index contributed by atoms with van der Waals surface area (Å²) in [5, 5.41) is 0. The van der Waals surface area contributed by atoms with Crippen LogP contribution in [0.2, 0.25) is 0 Å². The van der Waals surface area contributed by atoms with Gasteiger partial charge in [-0.15, -0.1) is 0 Å². The molecule has 442 valence electrons. The molecule has 14 nitrogen and oxygen atoms in total. The van der Waals surface area contributed by atoms with Crippen LogP contribution in [0.1, 0.15) is 168 Å². The van der Waals surface area contributed by atoms with Gasteiger partial charge in [0.05, 0.1) is 5.56 Å². The van der Waals surface area contributed by atoms with Gasteiger partial charge < -0.3 is 34.1 Å². The van der Waals surface area contributed by atoms with Gasteiger partial charge >= 0.3 is 5.97 Å². The maximum absolute atomic E-state index is 13.9. The highest BCUT2D eigenvalue weighted by atomic mass is 16.6. The Hall–Kier alpha value is -9.17. The highest BCUT2D eigenvalue weighted by Crippen LogP contribution is 2.21. The van der Waals surface area contributed by atoms with E-state index in [1.807, 2.05) is 178 Å². The third-order valence-electron chi connectivity index (χ3n) is 14.9. The molecule has 0 N–H and O–H groups in total. The molecule has 0 fully saturated rings. The molecule has 7 aromatic rings. The molecule has 6 amide bonds. The molecule has 0 atom stereocenters. The molecule has 7 rings (SSSR count). The van der Waals surface area contributed by atoms with Crippen molar-refractivity contribution in [2.75, 3.05) is 39.3 Å². The summed E-state index contributed by atoms with van der Waals surface area (Å²) in [5.74, 6) is -1.06. The molecular weight excluding hydrogens is 1060 g/mol. The van der Waals surface area contributed by atoms with Crippen LogP contribution in [0.25, 0.3) is 0 Å². The van der Waals surface area contributed by atoms with E-state index < -0.39 is 11.6 Å². The summed E-state index contributed by atoms with van der Waals surface area (Å²) in [4.78, 5) is 105. The summed E-state index contributed by atoms with van der Waals surface area (Å²) in [6.45, 7) is 22.3. The number of carbonyl (C=O) groups is 7. The van der Waals surface area contributed by atoms with Crippen molar-refractivity contribution >= 4 is 41.4 Å². The van der Waals surface area contributed by atoms with Gasteiger partial charge in [-0.3, -0.25) is 28.8 Å². The van der Waals surface area contributed by atoms with Crippen molar-refractivity contribution in [2.24, 2.45) is 0 Å². The SMILES string of the molecule is CCN(Cc1ccc(C(=O)N(CC)Cc2ccc(C(=O)N(CC)Cc3ccc(C(=O)N(CC)Cc4ccc(C(=O)N(CC)Cc5ccc(C(=O)N(CC)Cc6ccc(C(=O)OC(C)(C)C)cc6)cc5)cc4)cc3)cc2)cc1)C(=O)c1ccccc1. The summed E-state index contributed by atoms with van der Waals surface area (Å²) in [5.41, 5.74) is 8.53. The lowest BCUT2D eigenvalue weighted by molar-refractivity contribution is 0.00685. The number of rotatable bonds is 25. The van der Waals surface area contributed by atoms with E-state index in [4.69, 9.17) is 4.74 Å². The van der Waals surface area contributed by atoms with Crippen LogP contribution < -0.4 is 0 Å². The molecule has 0 heterocycles. The predicted molar refractivity (Wildman–Crippen MR) is 333 cm³/mol. The summed E-state index contributed by atoms with van der Waals surface area (Å²) < 4.78 is 5.47. The Balaban J connectivity index is 0.874. The predicted octanol–water partition coefficient (Wildman–Crippen LogP) is 12.6. The van der Waals surface area contributed by atoms with Crippen LogP contribution in [0.4, 0.5) is 0 Å². The topological polar surface area (TPSA) is 148 Å². The number of nitrogens with zero attached hydrogens (tertiary/aromatic N) is 6. The van der Waals surface area contributed by atoms with Crippen molar-refractivity contribution in [1.82, 2.24) is 29.4 Å². The van der Waals surface area contributed by atoms with Gasteiger partial charge in [0.25, 0.3) is 35.4 Å². The smallest absolute Gasteiger partial charge is 0.338 e. The van der Waals surface area contributed by atoms with Crippen LogP contribution in [0.5, 0.6) is 0 Å². The zero-order valence-electron chi connectivity index (χ0n) is 50.7. The number of hydrogen-bond donors (Lipinski definition) is 0. The van der Waals surface area contributed by atoms with Crippen LogP contribution in [0.3, 0.4) is 0 Å². The molecule has 7 aromatic carbocycles. The first-order valence-corrected chi connectivity index (χ1v) is 29.4. The van der Waals surface area contributed by atoms with Crippen LogP contribution in [-0.4, -0.2) is 116 Å². The third kappa shape index (κ3) is 17.2. The number of carbonyl (C=O) groups excluding carboxylic acids is 7. The Kier molecular flexibility index (Phi) is 22.3. The number of esters is 1. The molecule has 0 saturated heterocycles. The minimum Gasteiger partial charge on any atom is -0.456 e. The highest BCUT2D eigenvalue weighted by Gasteiger charge is 2.23. The highest BCUT2D eigenvalue weighted by molar-refractivity contribution is 5.97. The molecule has 85 heavy (non-hydrogen) atoms. The minimum atomic E-state index is -0.596. The molecule has 0 aromatic heterocycles. The van der Waals surface area contributed by atoms with Crippen LogP contribution >= 0.6 is 0 Å². The lowest BCUT2D eigenvalue weighted by Crippen LogP contribution is -2.32.